The van der Waals surface area contributed by atoms with Crippen LogP contribution in [-0.4, -0.2) is 28.0 Å². The van der Waals surface area contributed by atoms with Crippen LogP contribution in [-0.2, 0) is 21.2 Å². The van der Waals surface area contributed by atoms with Crippen LogP contribution in [0.3, 0.4) is 0 Å². The summed E-state index contributed by atoms with van der Waals surface area (Å²) < 4.78 is 31.4. The van der Waals surface area contributed by atoms with E-state index >= 15 is 0 Å². The Bertz CT molecular complexity index is 1070. The van der Waals surface area contributed by atoms with Crippen LogP contribution < -0.4 is 14.8 Å². The minimum absolute atomic E-state index is 0.129. The van der Waals surface area contributed by atoms with Crippen molar-refractivity contribution in [1.82, 2.24) is 4.72 Å². The highest BCUT2D eigenvalue weighted by atomic mass is 32.2. The number of ether oxygens (including phenoxy) is 1. The summed E-state index contributed by atoms with van der Waals surface area (Å²) in [4.78, 5) is 12.4. The first kappa shape index (κ1) is 20.6. The molecule has 2 N–H and O–H groups in total. The molecule has 0 unspecified atom stereocenters. The molecule has 0 saturated carbocycles. The number of rotatable bonds is 8. The van der Waals surface area contributed by atoms with Gasteiger partial charge in [0.05, 0.1) is 4.90 Å². The van der Waals surface area contributed by atoms with Gasteiger partial charge in [-0.3, -0.25) is 4.79 Å². The Morgan fingerprint density at radius 2 is 1.55 bits per heavy atom. The third kappa shape index (κ3) is 5.66. The van der Waals surface area contributed by atoms with E-state index in [0.29, 0.717) is 17.9 Å². The summed E-state index contributed by atoms with van der Waals surface area (Å²) in [6, 6.07) is 23.6. The van der Waals surface area contributed by atoms with Crippen LogP contribution in [0.5, 0.6) is 5.75 Å². The number of para-hydroxylation sites is 1. The summed E-state index contributed by atoms with van der Waals surface area (Å²) in [6.45, 7) is -0.150. The summed E-state index contributed by atoms with van der Waals surface area (Å²) >= 11 is 0. The van der Waals surface area contributed by atoms with Gasteiger partial charge in [-0.15, -0.1) is 0 Å². The molecule has 3 aromatic carbocycles. The molecule has 0 saturated heterocycles. The van der Waals surface area contributed by atoms with Crippen molar-refractivity contribution in [2.45, 2.75) is 11.3 Å². The second-order valence-corrected chi connectivity index (χ2v) is 8.23. The molecule has 7 heteroatoms. The molecule has 0 aliphatic heterocycles. The van der Waals surface area contributed by atoms with E-state index in [9.17, 15) is 13.2 Å². The maximum Gasteiger partial charge on any atom is 0.262 e. The van der Waals surface area contributed by atoms with Crippen molar-refractivity contribution >= 4 is 21.6 Å². The molecule has 0 aliphatic carbocycles. The van der Waals surface area contributed by atoms with Gasteiger partial charge in [0.25, 0.3) is 5.91 Å². The minimum Gasteiger partial charge on any atom is -0.483 e. The number of carbonyl (C=O) groups is 1. The molecular formula is C22H22N2O4S. The molecule has 1 amide bonds. The molecule has 3 aromatic rings. The van der Waals surface area contributed by atoms with Gasteiger partial charge in [-0.1, -0.05) is 48.5 Å². The average Bonchev–Trinajstić information content (AvgIpc) is 2.74. The lowest BCUT2D eigenvalue weighted by Crippen LogP contribution is -2.21. The number of amides is 1. The van der Waals surface area contributed by atoms with Crippen LogP contribution in [0.1, 0.15) is 11.1 Å². The van der Waals surface area contributed by atoms with Gasteiger partial charge in [0.2, 0.25) is 10.0 Å². The molecular weight excluding hydrogens is 388 g/mol. The highest BCUT2D eigenvalue weighted by molar-refractivity contribution is 7.89. The Hall–Kier alpha value is -3.16. The lowest BCUT2D eigenvalue weighted by atomic mass is 10.0. The molecule has 0 bridgehead atoms. The highest BCUT2D eigenvalue weighted by Gasteiger charge is 2.12. The van der Waals surface area contributed by atoms with E-state index in [1.807, 2.05) is 54.6 Å². The number of nitrogens with one attached hydrogen (secondary N) is 2. The molecule has 0 aliphatic rings. The van der Waals surface area contributed by atoms with Crippen molar-refractivity contribution < 1.29 is 17.9 Å². The third-order valence-corrected chi connectivity index (χ3v) is 5.72. The zero-order valence-corrected chi connectivity index (χ0v) is 16.8. The lowest BCUT2D eigenvalue weighted by molar-refractivity contribution is -0.118. The topological polar surface area (TPSA) is 84.5 Å². The van der Waals surface area contributed by atoms with E-state index in [4.69, 9.17) is 4.74 Å². The Morgan fingerprint density at radius 1 is 0.897 bits per heavy atom. The third-order valence-electron chi connectivity index (χ3n) is 4.29. The summed E-state index contributed by atoms with van der Waals surface area (Å²) in [5, 5.41) is 2.70. The lowest BCUT2D eigenvalue weighted by Gasteiger charge is -2.12. The number of benzene rings is 3. The Balaban J connectivity index is 1.60. The fourth-order valence-electron chi connectivity index (χ4n) is 2.78. The van der Waals surface area contributed by atoms with Crippen molar-refractivity contribution in [3.63, 3.8) is 0 Å². The fraction of sp³-hybridized carbons (Fsp3) is 0.136. The van der Waals surface area contributed by atoms with Crippen molar-refractivity contribution in [3.8, 4) is 5.75 Å². The largest absolute Gasteiger partial charge is 0.483 e. The first-order valence-corrected chi connectivity index (χ1v) is 10.5. The van der Waals surface area contributed by atoms with Crippen LogP contribution in [0.25, 0.3) is 0 Å². The Kier molecular flexibility index (Phi) is 6.64. The summed E-state index contributed by atoms with van der Waals surface area (Å²) in [6.07, 6.45) is 0.708. The van der Waals surface area contributed by atoms with Gasteiger partial charge in [-0.2, -0.15) is 0 Å². The van der Waals surface area contributed by atoms with Gasteiger partial charge in [0, 0.05) is 12.1 Å². The van der Waals surface area contributed by atoms with E-state index in [1.165, 1.54) is 31.3 Å². The second-order valence-electron chi connectivity index (χ2n) is 6.34. The maximum absolute atomic E-state index is 12.2. The number of hydrogen-bond donors (Lipinski definition) is 2. The smallest absolute Gasteiger partial charge is 0.262 e. The highest BCUT2D eigenvalue weighted by Crippen LogP contribution is 2.21. The number of carbonyl (C=O) groups excluding carboxylic acids is 1. The van der Waals surface area contributed by atoms with Gasteiger partial charge >= 0.3 is 0 Å². The predicted molar refractivity (Wildman–Crippen MR) is 113 cm³/mol. The SMILES string of the molecule is CNS(=O)(=O)c1ccc(NC(=O)COc2ccccc2Cc2ccccc2)cc1. The summed E-state index contributed by atoms with van der Waals surface area (Å²) in [5.74, 6) is 0.325. The van der Waals surface area contributed by atoms with Gasteiger partial charge in [0.1, 0.15) is 5.75 Å². The molecule has 6 nitrogen and oxygen atoms in total. The average molecular weight is 410 g/mol. The van der Waals surface area contributed by atoms with E-state index in [0.717, 1.165) is 11.1 Å². The molecule has 3 rings (SSSR count). The monoisotopic (exact) mass is 410 g/mol. The Labute approximate surface area is 170 Å². The van der Waals surface area contributed by atoms with Gasteiger partial charge in [-0.05, 0) is 48.5 Å². The zero-order valence-electron chi connectivity index (χ0n) is 16.0. The number of hydrogen-bond acceptors (Lipinski definition) is 4. The summed E-state index contributed by atoms with van der Waals surface area (Å²) in [7, 11) is -2.16. The summed E-state index contributed by atoms with van der Waals surface area (Å²) in [5.41, 5.74) is 2.64. The van der Waals surface area contributed by atoms with Crippen LogP contribution in [0.15, 0.2) is 83.8 Å². The number of sulfonamides is 1. The molecule has 0 heterocycles. The first-order valence-electron chi connectivity index (χ1n) is 9.06. The molecule has 150 valence electrons. The van der Waals surface area contributed by atoms with Crippen molar-refractivity contribution in [1.29, 1.82) is 0 Å². The van der Waals surface area contributed by atoms with Crippen molar-refractivity contribution in [3.05, 3.63) is 90.0 Å². The standard InChI is InChI=1S/C22H22N2O4S/c1-23-29(26,27)20-13-11-19(12-14-20)24-22(25)16-28-21-10-6-5-9-18(21)15-17-7-3-2-4-8-17/h2-14,23H,15-16H2,1H3,(H,24,25). The first-order chi connectivity index (χ1) is 14.0. The normalized spacial score (nSPS) is 11.1. The number of anilines is 1. The van der Waals surface area contributed by atoms with Crippen molar-refractivity contribution in [2.24, 2.45) is 0 Å². The Morgan fingerprint density at radius 3 is 2.24 bits per heavy atom. The predicted octanol–water partition coefficient (Wildman–Crippen LogP) is 3.20. The van der Waals surface area contributed by atoms with Gasteiger partial charge in [-0.25, -0.2) is 13.1 Å². The van der Waals surface area contributed by atoms with Crippen LogP contribution in [0, 0.1) is 0 Å². The molecule has 0 atom stereocenters. The van der Waals surface area contributed by atoms with E-state index in [-0.39, 0.29) is 17.4 Å². The quantitative estimate of drug-likeness (QED) is 0.597. The van der Waals surface area contributed by atoms with E-state index in [2.05, 4.69) is 10.0 Å². The molecule has 0 spiro atoms. The van der Waals surface area contributed by atoms with Crippen LogP contribution in [0.4, 0.5) is 5.69 Å². The van der Waals surface area contributed by atoms with Gasteiger partial charge < -0.3 is 10.1 Å². The fourth-order valence-corrected chi connectivity index (χ4v) is 3.51. The van der Waals surface area contributed by atoms with Crippen LogP contribution >= 0.6 is 0 Å². The molecule has 0 radical (unpaired) electrons. The maximum atomic E-state index is 12.2. The van der Waals surface area contributed by atoms with Gasteiger partial charge in [0.15, 0.2) is 6.61 Å². The van der Waals surface area contributed by atoms with Crippen molar-refractivity contribution in [2.75, 3.05) is 19.0 Å². The molecule has 29 heavy (non-hydrogen) atoms. The zero-order chi connectivity index (χ0) is 20.7. The molecule has 0 aromatic heterocycles. The van der Waals surface area contributed by atoms with Crippen LogP contribution in [0.2, 0.25) is 0 Å². The van der Waals surface area contributed by atoms with E-state index in [1.54, 1.807) is 0 Å². The van der Waals surface area contributed by atoms with E-state index < -0.39 is 10.0 Å². The molecule has 0 fully saturated rings. The minimum atomic E-state index is -3.51. The second kappa shape index (κ2) is 9.36.